The van der Waals surface area contributed by atoms with Gasteiger partial charge in [0.15, 0.2) is 5.82 Å². The fraction of sp³-hybridized carbons (Fsp3) is 0. The summed E-state index contributed by atoms with van der Waals surface area (Å²) in [4.78, 5) is 10.8. The number of hydrogen-bond acceptors (Lipinski definition) is 2. The van der Waals surface area contributed by atoms with E-state index in [-0.39, 0.29) is 0 Å². The first kappa shape index (κ1) is 29.4. The molecule has 0 amide bonds. The molecule has 3 aromatic heterocycles. The molecule has 0 aliphatic heterocycles. The lowest BCUT2D eigenvalue weighted by atomic mass is 10.0. The topological polar surface area (TPSA) is 35.6 Å². The van der Waals surface area contributed by atoms with Gasteiger partial charge in [0, 0.05) is 34.1 Å². The summed E-state index contributed by atoms with van der Waals surface area (Å²) in [5.41, 5.74) is 10.4. The zero-order chi connectivity index (χ0) is 33.3. The monoisotopic (exact) mass is 640 g/mol. The van der Waals surface area contributed by atoms with Gasteiger partial charge in [0.1, 0.15) is 5.65 Å². The molecule has 0 saturated carbocycles. The number of hydrogen-bond donors (Lipinski definition) is 0. The van der Waals surface area contributed by atoms with Gasteiger partial charge < -0.3 is 4.57 Å². The molecule has 0 saturated heterocycles. The van der Waals surface area contributed by atoms with Gasteiger partial charge in [-0.1, -0.05) is 140 Å². The van der Waals surface area contributed by atoms with Gasteiger partial charge in [-0.15, -0.1) is 0 Å². The molecular weight excluding hydrogens is 609 g/mol. The van der Waals surface area contributed by atoms with E-state index in [9.17, 15) is 0 Å². The molecule has 9 aromatic rings. The van der Waals surface area contributed by atoms with E-state index in [1.54, 1.807) is 0 Å². The van der Waals surface area contributed by atoms with Crippen LogP contribution >= 0.6 is 0 Å². The summed E-state index contributed by atoms with van der Waals surface area (Å²) in [5.74, 6) is 0.658. The summed E-state index contributed by atoms with van der Waals surface area (Å²) >= 11 is 0. The molecule has 0 radical (unpaired) electrons. The maximum Gasteiger partial charge on any atom is 0.162 e. The molecule has 0 atom stereocenters. The van der Waals surface area contributed by atoms with Crippen molar-refractivity contribution >= 4 is 32.8 Å². The quantitative estimate of drug-likeness (QED) is 0.188. The summed E-state index contributed by atoms with van der Waals surface area (Å²) < 4.78 is 4.48. The van der Waals surface area contributed by atoms with Crippen LogP contribution in [-0.2, 0) is 0 Å². The second-order valence-corrected chi connectivity index (χ2v) is 12.3. The van der Waals surface area contributed by atoms with Crippen LogP contribution in [0.25, 0.3) is 78.0 Å². The number of para-hydroxylation sites is 4. The maximum absolute atomic E-state index is 5.40. The zero-order valence-corrected chi connectivity index (χ0v) is 27.3. The van der Waals surface area contributed by atoms with Crippen LogP contribution in [0.3, 0.4) is 0 Å². The summed E-state index contributed by atoms with van der Waals surface area (Å²) in [6.07, 6.45) is 2.11. The van der Waals surface area contributed by atoms with Gasteiger partial charge in [0.05, 0.1) is 22.1 Å². The molecular formula is C46H32N4. The maximum atomic E-state index is 5.40. The standard InChI is InChI=1S/C46H32N4/c1-4-15-33(16-5-1)34-26-29-36(30-27-34)44-43-40-23-11-13-25-42(40)50(39-21-8-3-9-22-39)46(43)48-45(47-44)37-18-14-32-49(38-19-6-2-7-20-38)41-24-12-10-17-35(41)28-31-37/h1-32H. The van der Waals surface area contributed by atoms with Crippen molar-refractivity contribution in [3.05, 3.63) is 194 Å². The highest BCUT2D eigenvalue weighted by Gasteiger charge is 2.20. The fourth-order valence-electron chi connectivity index (χ4n) is 6.84. The van der Waals surface area contributed by atoms with Gasteiger partial charge in [-0.05, 0) is 65.0 Å². The second-order valence-electron chi connectivity index (χ2n) is 12.3. The van der Waals surface area contributed by atoms with Crippen molar-refractivity contribution < 1.29 is 0 Å². The summed E-state index contributed by atoms with van der Waals surface area (Å²) in [5, 5.41) is 3.25. The number of aromatic nitrogens is 4. The lowest BCUT2D eigenvalue weighted by Crippen LogP contribution is -1.99. The molecule has 0 N–H and O–H groups in total. The van der Waals surface area contributed by atoms with Crippen molar-refractivity contribution in [1.29, 1.82) is 0 Å². The van der Waals surface area contributed by atoms with Crippen LogP contribution in [0, 0.1) is 0 Å². The van der Waals surface area contributed by atoms with Crippen LogP contribution in [0.2, 0.25) is 0 Å². The van der Waals surface area contributed by atoms with E-state index in [0.29, 0.717) is 5.82 Å². The molecule has 236 valence electrons. The van der Waals surface area contributed by atoms with Crippen molar-refractivity contribution in [2.75, 3.05) is 0 Å². The minimum Gasteiger partial charge on any atom is -0.317 e. The van der Waals surface area contributed by atoms with Crippen molar-refractivity contribution in [3.63, 3.8) is 0 Å². The van der Waals surface area contributed by atoms with E-state index < -0.39 is 0 Å². The van der Waals surface area contributed by atoms with Gasteiger partial charge >= 0.3 is 0 Å². The minimum absolute atomic E-state index is 0.658. The van der Waals surface area contributed by atoms with E-state index in [1.807, 2.05) is 18.2 Å². The van der Waals surface area contributed by atoms with Crippen molar-refractivity contribution in [2.24, 2.45) is 0 Å². The Morgan fingerprint density at radius 3 is 1.70 bits per heavy atom. The molecule has 9 rings (SSSR count). The Morgan fingerprint density at radius 1 is 0.380 bits per heavy atom. The minimum atomic E-state index is 0.658. The van der Waals surface area contributed by atoms with Crippen LogP contribution in [0.15, 0.2) is 194 Å². The van der Waals surface area contributed by atoms with Gasteiger partial charge in [0.25, 0.3) is 0 Å². The molecule has 6 aromatic carbocycles. The average Bonchev–Trinajstić information content (AvgIpc) is 3.57. The first-order valence-corrected chi connectivity index (χ1v) is 16.8. The number of nitrogens with zero attached hydrogens (tertiary/aromatic N) is 4. The third-order valence-corrected chi connectivity index (χ3v) is 9.24. The van der Waals surface area contributed by atoms with E-state index in [1.165, 1.54) is 11.1 Å². The summed E-state index contributed by atoms with van der Waals surface area (Å²) in [6, 6.07) is 65.6. The third kappa shape index (κ3) is 5.29. The van der Waals surface area contributed by atoms with Gasteiger partial charge in [-0.2, -0.15) is 0 Å². The van der Waals surface area contributed by atoms with E-state index in [2.05, 4.69) is 185 Å². The largest absolute Gasteiger partial charge is 0.317 e. The number of rotatable bonds is 5. The molecule has 4 heteroatoms. The Bertz CT molecular complexity index is 2670. The molecule has 50 heavy (non-hydrogen) atoms. The molecule has 0 fully saturated rings. The SMILES string of the molecule is c1ccc(-c2ccc(-c3nc(-c4cccn(-c5ccccc5)c5ccccc5cc4)nc4c3c3ccccc3n4-c3ccccc3)cc2)cc1. The lowest BCUT2D eigenvalue weighted by molar-refractivity contribution is 1.11. The second kappa shape index (κ2) is 12.7. The molecule has 4 nitrogen and oxygen atoms in total. The highest BCUT2D eigenvalue weighted by Crippen LogP contribution is 2.38. The third-order valence-electron chi connectivity index (χ3n) is 9.24. The molecule has 0 bridgehead atoms. The lowest BCUT2D eigenvalue weighted by Gasteiger charge is -2.10. The Morgan fingerprint density at radius 2 is 0.940 bits per heavy atom. The van der Waals surface area contributed by atoms with Gasteiger partial charge in [-0.3, -0.25) is 4.57 Å². The van der Waals surface area contributed by atoms with Crippen LogP contribution in [0.5, 0.6) is 0 Å². The van der Waals surface area contributed by atoms with E-state index >= 15 is 0 Å². The normalized spacial score (nSPS) is 11.2. The first-order valence-electron chi connectivity index (χ1n) is 16.8. The summed E-state index contributed by atoms with van der Waals surface area (Å²) in [7, 11) is 0. The summed E-state index contributed by atoms with van der Waals surface area (Å²) in [6.45, 7) is 0. The Kier molecular flexibility index (Phi) is 7.45. The Hall–Kier alpha value is -6.78. The smallest absolute Gasteiger partial charge is 0.162 e. The molecule has 0 aliphatic carbocycles. The van der Waals surface area contributed by atoms with Crippen LogP contribution in [0.1, 0.15) is 0 Å². The van der Waals surface area contributed by atoms with E-state index in [4.69, 9.17) is 9.97 Å². The fourth-order valence-corrected chi connectivity index (χ4v) is 6.84. The van der Waals surface area contributed by atoms with Crippen LogP contribution in [0.4, 0.5) is 0 Å². The van der Waals surface area contributed by atoms with Gasteiger partial charge in [0.2, 0.25) is 0 Å². The molecule has 0 spiro atoms. The Balaban J connectivity index is 1.32. The predicted octanol–water partition coefficient (Wildman–Crippen LogP) is 11.6. The number of fused-ring (bicyclic) bond motifs is 4. The van der Waals surface area contributed by atoms with Crippen LogP contribution < -0.4 is 0 Å². The zero-order valence-electron chi connectivity index (χ0n) is 27.3. The van der Waals surface area contributed by atoms with Crippen LogP contribution in [-0.4, -0.2) is 19.1 Å². The molecule has 0 aliphatic rings. The Labute approximate surface area is 290 Å². The molecule has 0 unspecified atom stereocenters. The highest BCUT2D eigenvalue weighted by atomic mass is 15.1. The van der Waals surface area contributed by atoms with Crippen molar-refractivity contribution in [1.82, 2.24) is 19.1 Å². The first-order chi connectivity index (χ1) is 24.8. The van der Waals surface area contributed by atoms with E-state index in [0.717, 1.165) is 61.0 Å². The predicted molar refractivity (Wildman–Crippen MR) is 207 cm³/mol. The van der Waals surface area contributed by atoms with Crippen molar-refractivity contribution in [3.8, 4) is 45.1 Å². The highest BCUT2D eigenvalue weighted by molar-refractivity contribution is 6.14. The van der Waals surface area contributed by atoms with Gasteiger partial charge in [-0.25, -0.2) is 9.97 Å². The number of benzene rings is 6. The van der Waals surface area contributed by atoms with Crippen molar-refractivity contribution in [2.45, 2.75) is 0 Å². The average molecular weight is 641 g/mol. The molecule has 3 heterocycles.